The fourth-order valence-electron chi connectivity index (χ4n) is 4.45. The maximum Gasteiger partial charge on any atom is 0.434 e. The zero-order chi connectivity index (χ0) is 30.0. The second kappa shape index (κ2) is 11.6. The predicted octanol–water partition coefficient (Wildman–Crippen LogP) is 7.87. The van der Waals surface area contributed by atoms with Crippen molar-refractivity contribution in [2.75, 3.05) is 7.11 Å². The molecule has 2 aromatic heterocycles. The molecule has 2 heterocycles. The van der Waals surface area contributed by atoms with Gasteiger partial charge in [0.1, 0.15) is 23.7 Å². The summed E-state index contributed by atoms with van der Waals surface area (Å²) in [5.41, 5.74) is 2.31. The summed E-state index contributed by atoms with van der Waals surface area (Å²) < 4.78 is 53.2. The first-order chi connectivity index (χ1) is 20.0. The van der Waals surface area contributed by atoms with E-state index in [1.54, 1.807) is 31.4 Å². The number of carboxylic acids is 1. The second-order valence-electron chi connectivity index (χ2n) is 9.30. The van der Waals surface area contributed by atoms with Crippen molar-refractivity contribution in [1.82, 2.24) is 14.8 Å². The van der Waals surface area contributed by atoms with Gasteiger partial charge in [0.2, 0.25) is 0 Å². The van der Waals surface area contributed by atoms with Crippen molar-refractivity contribution >= 4 is 17.6 Å². The summed E-state index contributed by atoms with van der Waals surface area (Å²) in [5, 5.41) is 13.3. The molecule has 0 saturated heterocycles. The standard InChI is InChI=1S/C31H23ClF3N3O4/c1-18-14-20(19-8-11-23(41-2)12-9-19)6-7-21(18)17-42-27-13-10-22(32)15-24(27)26-4-3-5-28(37-26)38-29(31(33,34)35)25(16-36-38)30(39)40/h3-16H,17H2,1-2H3,(H,39,40). The molecule has 0 bridgehead atoms. The van der Waals surface area contributed by atoms with E-state index in [1.165, 1.54) is 12.1 Å². The molecule has 0 aliphatic carbocycles. The van der Waals surface area contributed by atoms with E-state index in [0.717, 1.165) is 28.0 Å². The van der Waals surface area contributed by atoms with Crippen molar-refractivity contribution in [2.45, 2.75) is 19.7 Å². The number of halogens is 4. The normalized spacial score (nSPS) is 11.4. The summed E-state index contributed by atoms with van der Waals surface area (Å²) in [4.78, 5) is 15.8. The molecule has 0 aliphatic rings. The Morgan fingerprint density at radius 3 is 2.40 bits per heavy atom. The fraction of sp³-hybridized carbons (Fsp3) is 0.129. The minimum absolute atomic E-state index is 0.211. The highest BCUT2D eigenvalue weighted by molar-refractivity contribution is 6.31. The molecule has 5 aromatic rings. The van der Waals surface area contributed by atoms with E-state index in [-0.39, 0.29) is 18.1 Å². The van der Waals surface area contributed by atoms with Gasteiger partial charge in [-0.15, -0.1) is 0 Å². The van der Waals surface area contributed by atoms with Crippen LogP contribution >= 0.6 is 11.6 Å². The Bertz CT molecular complexity index is 1770. The van der Waals surface area contributed by atoms with Crippen LogP contribution in [-0.4, -0.2) is 33.0 Å². The molecule has 0 fully saturated rings. The van der Waals surface area contributed by atoms with Crippen LogP contribution in [0.2, 0.25) is 5.02 Å². The van der Waals surface area contributed by atoms with Crippen molar-refractivity contribution in [2.24, 2.45) is 0 Å². The molecule has 0 radical (unpaired) electrons. The second-order valence-corrected chi connectivity index (χ2v) is 9.74. The molecular weight excluding hydrogens is 571 g/mol. The third-order valence-electron chi connectivity index (χ3n) is 6.59. The molecule has 0 aliphatic heterocycles. The molecule has 1 N–H and O–H groups in total. The van der Waals surface area contributed by atoms with Crippen LogP contribution in [0.4, 0.5) is 13.2 Å². The summed E-state index contributed by atoms with van der Waals surface area (Å²) in [5.74, 6) is -0.786. The third-order valence-corrected chi connectivity index (χ3v) is 6.82. The van der Waals surface area contributed by atoms with Crippen LogP contribution in [-0.2, 0) is 12.8 Å². The van der Waals surface area contributed by atoms with Gasteiger partial charge in [0.15, 0.2) is 11.5 Å². The largest absolute Gasteiger partial charge is 0.497 e. The molecule has 5 rings (SSSR count). The highest BCUT2D eigenvalue weighted by Gasteiger charge is 2.41. The number of pyridine rings is 1. The predicted molar refractivity (Wildman–Crippen MR) is 151 cm³/mol. The van der Waals surface area contributed by atoms with E-state index >= 15 is 0 Å². The lowest BCUT2D eigenvalue weighted by atomic mass is 10.00. The quantitative estimate of drug-likeness (QED) is 0.197. The Hall–Kier alpha value is -4.83. The molecule has 7 nitrogen and oxygen atoms in total. The number of aromatic carboxylic acids is 1. The van der Waals surface area contributed by atoms with Gasteiger partial charge in [-0.25, -0.2) is 14.5 Å². The van der Waals surface area contributed by atoms with Gasteiger partial charge in [-0.1, -0.05) is 48.0 Å². The molecule has 0 amide bonds. The Morgan fingerprint density at radius 2 is 1.74 bits per heavy atom. The number of carboxylic acid groups (broad SMARTS) is 1. The fourth-order valence-corrected chi connectivity index (χ4v) is 4.62. The van der Waals surface area contributed by atoms with Gasteiger partial charge >= 0.3 is 12.1 Å². The monoisotopic (exact) mass is 593 g/mol. The zero-order valence-electron chi connectivity index (χ0n) is 22.3. The lowest BCUT2D eigenvalue weighted by molar-refractivity contribution is -0.143. The summed E-state index contributed by atoms with van der Waals surface area (Å²) in [6, 6.07) is 23.1. The molecule has 3 aromatic carbocycles. The number of rotatable bonds is 8. The Labute approximate surface area is 243 Å². The Balaban J connectivity index is 1.44. The van der Waals surface area contributed by atoms with Gasteiger partial charge in [-0.3, -0.25) is 0 Å². The number of carbonyl (C=O) groups is 1. The summed E-state index contributed by atoms with van der Waals surface area (Å²) >= 11 is 6.26. The molecule has 0 unspecified atom stereocenters. The van der Waals surface area contributed by atoms with Gasteiger partial charge in [0.05, 0.1) is 19.0 Å². The van der Waals surface area contributed by atoms with Crippen LogP contribution in [0.5, 0.6) is 11.5 Å². The number of ether oxygens (including phenoxy) is 2. The lowest BCUT2D eigenvalue weighted by Gasteiger charge is -2.15. The third kappa shape index (κ3) is 5.94. The van der Waals surface area contributed by atoms with Crippen LogP contribution in [0.25, 0.3) is 28.2 Å². The van der Waals surface area contributed by atoms with Crippen LogP contribution in [0.3, 0.4) is 0 Å². The maximum absolute atomic E-state index is 13.8. The van der Waals surface area contributed by atoms with Crippen molar-refractivity contribution in [3.63, 3.8) is 0 Å². The first-order valence-corrected chi connectivity index (χ1v) is 13.0. The number of methoxy groups -OCH3 is 1. The molecule has 0 atom stereocenters. The number of hydrogen-bond donors (Lipinski definition) is 1. The van der Waals surface area contributed by atoms with Gasteiger partial charge in [0.25, 0.3) is 0 Å². The average Bonchev–Trinajstić information content (AvgIpc) is 3.44. The number of alkyl halides is 3. The van der Waals surface area contributed by atoms with E-state index in [2.05, 4.69) is 16.1 Å². The minimum Gasteiger partial charge on any atom is -0.497 e. The number of aromatic nitrogens is 3. The highest BCUT2D eigenvalue weighted by atomic mass is 35.5. The van der Waals surface area contributed by atoms with Crippen LogP contribution < -0.4 is 9.47 Å². The van der Waals surface area contributed by atoms with Gasteiger partial charge < -0.3 is 14.6 Å². The van der Waals surface area contributed by atoms with Crippen molar-refractivity contribution < 1.29 is 32.5 Å². The van der Waals surface area contributed by atoms with E-state index < -0.39 is 23.4 Å². The zero-order valence-corrected chi connectivity index (χ0v) is 23.1. The van der Waals surface area contributed by atoms with Crippen molar-refractivity contribution in [3.05, 3.63) is 112 Å². The first kappa shape index (κ1) is 28.7. The first-order valence-electron chi connectivity index (χ1n) is 12.6. The lowest BCUT2D eigenvalue weighted by Crippen LogP contribution is -2.18. The number of benzene rings is 3. The Morgan fingerprint density at radius 1 is 1.00 bits per heavy atom. The van der Waals surface area contributed by atoms with E-state index in [0.29, 0.717) is 27.2 Å². The van der Waals surface area contributed by atoms with Crippen molar-refractivity contribution in [1.29, 1.82) is 0 Å². The molecule has 42 heavy (non-hydrogen) atoms. The van der Waals surface area contributed by atoms with E-state index in [1.807, 2.05) is 43.3 Å². The average molecular weight is 594 g/mol. The Kier molecular flexibility index (Phi) is 7.91. The van der Waals surface area contributed by atoms with E-state index in [4.69, 9.17) is 21.1 Å². The number of nitrogens with zero attached hydrogens (tertiary/aromatic N) is 3. The van der Waals surface area contributed by atoms with Gasteiger partial charge in [0, 0.05) is 10.6 Å². The van der Waals surface area contributed by atoms with Gasteiger partial charge in [-0.2, -0.15) is 18.3 Å². The van der Waals surface area contributed by atoms with Crippen LogP contribution in [0.15, 0.2) is 85.1 Å². The van der Waals surface area contributed by atoms with Crippen molar-refractivity contribution in [3.8, 4) is 39.7 Å². The van der Waals surface area contributed by atoms with Gasteiger partial charge in [-0.05, 0) is 71.6 Å². The number of aryl methyl sites for hydroxylation is 1. The van der Waals surface area contributed by atoms with Crippen LogP contribution in [0.1, 0.15) is 27.2 Å². The SMILES string of the molecule is COc1ccc(-c2ccc(COc3ccc(Cl)cc3-c3cccc(-n4ncc(C(=O)O)c4C(F)(F)F)n3)c(C)c2)cc1. The smallest absolute Gasteiger partial charge is 0.434 e. The highest BCUT2D eigenvalue weighted by Crippen LogP contribution is 2.36. The molecule has 0 spiro atoms. The van der Waals surface area contributed by atoms with E-state index in [9.17, 15) is 23.1 Å². The summed E-state index contributed by atoms with van der Waals surface area (Å²) in [6.45, 7) is 2.19. The minimum atomic E-state index is -4.98. The summed E-state index contributed by atoms with van der Waals surface area (Å²) in [7, 11) is 1.62. The topological polar surface area (TPSA) is 86.5 Å². The molecule has 11 heteroatoms. The number of hydrogen-bond acceptors (Lipinski definition) is 5. The maximum atomic E-state index is 13.8. The molecular formula is C31H23ClF3N3O4. The molecule has 214 valence electrons. The van der Waals surface area contributed by atoms with Crippen LogP contribution in [0, 0.1) is 6.92 Å². The summed E-state index contributed by atoms with van der Waals surface area (Å²) in [6.07, 6.45) is -4.33. The molecule has 0 saturated carbocycles.